The first-order chi connectivity index (χ1) is 11.6. The molecule has 0 saturated carbocycles. The van der Waals surface area contributed by atoms with Crippen molar-refractivity contribution in [2.24, 2.45) is 11.8 Å². The van der Waals surface area contributed by atoms with Crippen LogP contribution in [-0.2, 0) is 6.54 Å². The second-order valence-corrected chi connectivity index (χ2v) is 8.12. The third kappa shape index (κ3) is 5.30. The number of aliphatic hydroxyl groups is 1. The first kappa shape index (κ1) is 17.9. The quantitative estimate of drug-likeness (QED) is 0.864. The Morgan fingerprint density at radius 3 is 2.21 bits per heavy atom. The number of hydrogen-bond donors (Lipinski definition) is 1. The van der Waals surface area contributed by atoms with Crippen LogP contribution in [0.5, 0.6) is 0 Å². The molecule has 5 heteroatoms. The molecule has 3 heterocycles. The monoisotopic (exact) mass is 334 g/mol. The topological polar surface area (TPSA) is 44.5 Å². The van der Waals surface area contributed by atoms with Crippen LogP contribution < -0.4 is 0 Å². The van der Waals surface area contributed by atoms with Crippen molar-refractivity contribution in [3.8, 4) is 0 Å². The fourth-order valence-corrected chi connectivity index (χ4v) is 4.08. The van der Waals surface area contributed by atoms with Gasteiger partial charge in [-0.05, 0) is 76.2 Å². The largest absolute Gasteiger partial charge is 0.390 e. The summed E-state index contributed by atoms with van der Waals surface area (Å²) in [5.74, 6) is 1.58. The summed E-state index contributed by atoms with van der Waals surface area (Å²) in [6, 6.07) is 0. The summed E-state index contributed by atoms with van der Waals surface area (Å²) in [7, 11) is 0. The van der Waals surface area contributed by atoms with Gasteiger partial charge in [0.2, 0.25) is 0 Å². The van der Waals surface area contributed by atoms with Gasteiger partial charge in [0.25, 0.3) is 0 Å². The van der Waals surface area contributed by atoms with Crippen LogP contribution in [0, 0.1) is 18.8 Å². The molecule has 0 unspecified atom stereocenters. The fraction of sp³-hybridized carbons (Fsp3) is 0.842. The van der Waals surface area contributed by atoms with Crippen LogP contribution in [0.25, 0.3) is 0 Å². The molecule has 2 saturated heterocycles. The lowest BCUT2D eigenvalue weighted by atomic mass is 9.96. The first-order valence-electron chi connectivity index (χ1n) is 9.70. The zero-order valence-corrected chi connectivity index (χ0v) is 15.4. The Morgan fingerprint density at radius 2 is 1.67 bits per heavy atom. The summed E-state index contributed by atoms with van der Waals surface area (Å²) < 4.78 is 2.09. The van der Waals surface area contributed by atoms with Gasteiger partial charge < -0.3 is 14.9 Å². The van der Waals surface area contributed by atoms with E-state index in [1.54, 1.807) is 0 Å². The molecule has 1 atom stereocenters. The zero-order valence-electron chi connectivity index (χ0n) is 15.4. The Balaban J connectivity index is 1.34. The molecule has 5 nitrogen and oxygen atoms in total. The molecule has 2 fully saturated rings. The van der Waals surface area contributed by atoms with Crippen molar-refractivity contribution in [2.75, 3.05) is 39.3 Å². The number of aliphatic hydroxyl groups excluding tert-OH is 1. The van der Waals surface area contributed by atoms with Gasteiger partial charge >= 0.3 is 0 Å². The summed E-state index contributed by atoms with van der Waals surface area (Å²) in [6.07, 6.45) is 8.86. The van der Waals surface area contributed by atoms with Crippen molar-refractivity contribution in [3.05, 3.63) is 18.0 Å². The molecule has 1 N–H and O–H groups in total. The lowest BCUT2D eigenvalue weighted by molar-refractivity contribution is 0.0490. The summed E-state index contributed by atoms with van der Waals surface area (Å²) >= 11 is 0. The van der Waals surface area contributed by atoms with E-state index in [2.05, 4.69) is 39.6 Å². The maximum atomic E-state index is 10.4. The molecular weight excluding hydrogens is 300 g/mol. The highest BCUT2D eigenvalue weighted by Crippen LogP contribution is 2.20. The lowest BCUT2D eigenvalue weighted by Gasteiger charge is -2.35. The van der Waals surface area contributed by atoms with Crippen molar-refractivity contribution < 1.29 is 5.11 Å². The van der Waals surface area contributed by atoms with Gasteiger partial charge in [0.15, 0.2) is 0 Å². The van der Waals surface area contributed by atoms with E-state index in [9.17, 15) is 5.11 Å². The Labute approximate surface area is 146 Å². The number of aryl methyl sites for hydroxylation is 1. The molecule has 0 spiro atoms. The van der Waals surface area contributed by atoms with Gasteiger partial charge in [-0.2, -0.15) is 5.10 Å². The maximum absolute atomic E-state index is 10.4. The summed E-state index contributed by atoms with van der Waals surface area (Å²) in [5, 5.41) is 14.8. The van der Waals surface area contributed by atoms with Gasteiger partial charge in [-0.15, -0.1) is 0 Å². The van der Waals surface area contributed by atoms with E-state index < -0.39 is 0 Å². The second kappa shape index (κ2) is 8.45. The van der Waals surface area contributed by atoms with E-state index in [-0.39, 0.29) is 6.10 Å². The molecule has 3 rings (SSSR count). The van der Waals surface area contributed by atoms with Crippen LogP contribution in [0.2, 0.25) is 0 Å². The van der Waals surface area contributed by atoms with Crippen LogP contribution in [0.1, 0.15) is 38.2 Å². The van der Waals surface area contributed by atoms with Gasteiger partial charge in [0.05, 0.1) is 12.3 Å². The Morgan fingerprint density at radius 1 is 1.08 bits per heavy atom. The number of aromatic nitrogens is 2. The SMILES string of the molecule is Cc1cnn(CC2CCN(C[C@H](O)CN3CCC(C)CC3)CC2)c1. The molecule has 0 bridgehead atoms. The zero-order chi connectivity index (χ0) is 16.9. The molecule has 0 aliphatic carbocycles. The van der Waals surface area contributed by atoms with Gasteiger partial charge in [0.1, 0.15) is 0 Å². The van der Waals surface area contributed by atoms with Crippen LogP contribution in [0.3, 0.4) is 0 Å². The second-order valence-electron chi connectivity index (χ2n) is 8.12. The number of nitrogens with zero attached hydrogens (tertiary/aromatic N) is 4. The average Bonchev–Trinajstić information content (AvgIpc) is 2.96. The smallest absolute Gasteiger partial charge is 0.0793 e. The van der Waals surface area contributed by atoms with Crippen molar-refractivity contribution in [3.63, 3.8) is 0 Å². The van der Waals surface area contributed by atoms with Gasteiger partial charge in [-0.1, -0.05) is 6.92 Å². The van der Waals surface area contributed by atoms with E-state index >= 15 is 0 Å². The van der Waals surface area contributed by atoms with E-state index in [1.807, 2.05) is 6.20 Å². The van der Waals surface area contributed by atoms with Crippen LogP contribution in [0.15, 0.2) is 12.4 Å². The number of hydrogen-bond acceptors (Lipinski definition) is 4. The molecule has 1 aromatic rings. The molecule has 1 aromatic heterocycles. The molecule has 2 aliphatic heterocycles. The number of β-amino-alcohol motifs (C(OH)–C–C–N with tert-alkyl or cyclic N) is 1. The minimum absolute atomic E-state index is 0.205. The number of rotatable bonds is 6. The summed E-state index contributed by atoms with van der Waals surface area (Å²) in [4.78, 5) is 4.89. The van der Waals surface area contributed by atoms with E-state index in [1.165, 1.54) is 31.2 Å². The van der Waals surface area contributed by atoms with E-state index in [0.29, 0.717) is 0 Å². The van der Waals surface area contributed by atoms with Crippen molar-refractivity contribution in [1.29, 1.82) is 0 Å². The number of likely N-dealkylation sites (tertiary alicyclic amines) is 2. The van der Waals surface area contributed by atoms with Gasteiger partial charge in [-0.3, -0.25) is 4.68 Å². The van der Waals surface area contributed by atoms with Crippen molar-refractivity contribution >= 4 is 0 Å². The minimum Gasteiger partial charge on any atom is -0.390 e. The summed E-state index contributed by atoms with van der Waals surface area (Å²) in [6.45, 7) is 11.7. The highest BCUT2D eigenvalue weighted by molar-refractivity contribution is 4.99. The van der Waals surface area contributed by atoms with Crippen LogP contribution in [-0.4, -0.2) is 70.1 Å². The van der Waals surface area contributed by atoms with E-state index in [0.717, 1.165) is 57.6 Å². The number of piperidine rings is 2. The third-order valence-electron chi connectivity index (χ3n) is 5.73. The Hall–Kier alpha value is -0.910. The van der Waals surface area contributed by atoms with Crippen molar-refractivity contribution in [2.45, 2.75) is 52.2 Å². The van der Waals surface area contributed by atoms with Crippen LogP contribution in [0.4, 0.5) is 0 Å². The standard InChI is InChI=1S/C19H34N4O/c1-16-3-7-21(8-4-16)14-19(24)15-22-9-5-18(6-10-22)13-23-12-17(2)11-20-23/h11-12,16,18-19,24H,3-10,13-15H2,1-2H3/t19-/m1/s1. The molecule has 0 radical (unpaired) electrons. The van der Waals surface area contributed by atoms with Gasteiger partial charge in [0, 0.05) is 25.8 Å². The molecular formula is C19H34N4O. The normalized spacial score (nSPS) is 23.6. The predicted molar refractivity (Wildman–Crippen MR) is 97.0 cm³/mol. The Bertz CT molecular complexity index is 487. The molecule has 0 amide bonds. The lowest BCUT2D eigenvalue weighted by Crippen LogP contribution is -2.45. The van der Waals surface area contributed by atoms with Crippen molar-refractivity contribution in [1.82, 2.24) is 19.6 Å². The van der Waals surface area contributed by atoms with Crippen LogP contribution >= 0.6 is 0 Å². The minimum atomic E-state index is -0.205. The molecule has 0 aromatic carbocycles. The first-order valence-corrected chi connectivity index (χ1v) is 9.70. The molecule has 24 heavy (non-hydrogen) atoms. The average molecular weight is 335 g/mol. The highest BCUT2D eigenvalue weighted by atomic mass is 16.3. The third-order valence-corrected chi connectivity index (χ3v) is 5.73. The predicted octanol–water partition coefficient (Wildman–Crippen LogP) is 2.00. The maximum Gasteiger partial charge on any atom is 0.0793 e. The fourth-order valence-electron chi connectivity index (χ4n) is 4.08. The van der Waals surface area contributed by atoms with E-state index in [4.69, 9.17) is 0 Å². The molecule has 2 aliphatic rings. The van der Waals surface area contributed by atoms with Gasteiger partial charge in [-0.25, -0.2) is 0 Å². The summed E-state index contributed by atoms with van der Waals surface area (Å²) in [5.41, 5.74) is 1.24. The molecule has 136 valence electrons. The Kier molecular flexibility index (Phi) is 6.31. The highest BCUT2D eigenvalue weighted by Gasteiger charge is 2.23.